The minimum absolute atomic E-state index is 0.0560. The molecule has 0 aliphatic heterocycles. The number of hydrogen-bond acceptors (Lipinski definition) is 4. The van der Waals surface area contributed by atoms with Crippen molar-refractivity contribution in [1.29, 1.82) is 0 Å². The molecule has 0 unspecified atom stereocenters. The van der Waals surface area contributed by atoms with Crippen LogP contribution in [-0.2, 0) is 10.0 Å². The Hall–Kier alpha value is -2.15. The highest BCUT2D eigenvalue weighted by Crippen LogP contribution is 2.22. The summed E-state index contributed by atoms with van der Waals surface area (Å²) in [6, 6.07) is 7.01. The van der Waals surface area contributed by atoms with Gasteiger partial charge in [0.25, 0.3) is 10.0 Å². The second kappa shape index (κ2) is 5.46. The molecule has 0 atom stereocenters. The Labute approximate surface area is 116 Å². The number of hydrogen-bond donors (Lipinski definition) is 2. The quantitative estimate of drug-likeness (QED) is 0.908. The molecular formula is C13H14FN3O2S. The third-order valence-electron chi connectivity index (χ3n) is 2.81. The van der Waals surface area contributed by atoms with Gasteiger partial charge in [0.2, 0.25) is 0 Å². The first-order valence-electron chi connectivity index (χ1n) is 5.86. The third-order valence-corrected chi connectivity index (χ3v) is 4.17. The number of rotatable bonds is 4. The largest absolute Gasteiger partial charge is 0.373 e. The van der Waals surface area contributed by atoms with Crippen molar-refractivity contribution in [1.82, 2.24) is 4.98 Å². The average molecular weight is 295 g/mol. The average Bonchev–Trinajstić information content (AvgIpc) is 2.44. The summed E-state index contributed by atoms with van der Waals surface area (Å²) < 4.78 is 40.3. The van der Waals surface area contributed by atoms with E-state index >= 15 is 0 Å². The van der Waals surface area contributed by atoms with Gasteiger partial charge in [-0.1, -0.05) is 6.07 Å². The van der Waals surface area contributed by atoms with Gasteiger partial charge >= 0.3 is 0 Å². The van der Waals surface area contributed by atoms with E-state index in [2.05, 4.69) is 15.0 Å². The fraction of sp³-hybridized carbons (Fsp3) is 0.154. The van der Waals surface area contributed by atoms with Crippen molar-refractivity contribution in [2.75, 3.05) is 17.1 Å². The van der Waals surface area contributed by atoms with Crippen LogP contribution in [0.15, 0.2) is 41.4 Å². The zero-order chi connectivity index (χ0) is 14.8. The molecule has 20 heavy (non-hydrogen) atoms. The molecule has 2 N–H and O–H groups in total. The van der Waals surface area contributed by atoms with Crippen LogP contribution in [0.2, 0.25) is 0 Å². The van der Waals surface area contributed by atoms with Crippen molar-refractivity contribution in [3.05, 3.63) is 47.9 Å². The first-order valence-corrected chi connectivity index (χ1v) is 7.34. The zero-order valence-electron chi connectivity index (χ0n) is 11.0. The highest BCUT2D eigenvalue weighted by atomic mass is 32.2. The van der Waals surface area contributed by atoms with E-state index in [1.54, 1.807) is 7.05 Å². The van der Waals surface area contributed by atoms with Gasteiger partial charge in [-0.2, -0.15) is 0 Å². The normalized spacial score (nSPS) is 11.2. The summed E-state index contributed by atoms with van der Waals surface area (Å²) in [5.41, 5.74) is 0.465. The minimum Gasteiger partial charge on any atom is -0.373 e. The first-order chi connectivity index (χ1) is 9.44. The molecule has 1 heterocycles. The molecule has 1 aromatic carbocycles. The lowest BCUT2D eigenvalue weighted by Gasteiger charge is -2.11. The SMILES string of the molecule is CNc1cc(S(=O)(=O)Nc2cccc(F)c2C)ccn1. The highest BCUT2D eigenvalue weighted by molar-refractivity contribution is 7.92. The Morgan fingerprint density at radius 3 is 2.70 bits per heavy atom. The molecule has 0 bridgehead atoms. The summed E-state index contributed by atoms with van der Waals surface area (Å²) in [5.74, 6) is -0.0281. The van der Waals surface area contributed by atoms with E-state index in [1.165, 1.54) is 43.5 Å². The van der Waals surface area contributed by atoms with Gasteiger partial charge in [0.05, 0.1) is 10.6 Å². The number of nitrogens with zero attached hydrogens (tertiary/aromatic N) is 1. The van der Waals surface area contributed by atoms with E-state index in [1.807, 2.05) is 0 Å². The van der Waals surface area contributed by atoms with Crippen LogP contribution in [-0.4, -0.2) is 20.4 Å². The lowest BCUT2D eigenvalue weighted by molar-refractivity contribution is 0.600. The van der Waals surface area contributed by atoms with E-state index in [4.69, 9.17) is 0 Å². The molecule has 5 nitrogen and oxygen atoms in total. The number of sulfonamides is 1. The molecule has 1 aromatic heterocycles. The van der Waals surface area contributed by atoms with Gasteiger partial charge in [-0.25, -0.2) is 17.8 Å². The van der Waals surface area contributed by atoms with Gasteiger partial charge in [-0.15, -0.1) is 0 Å². The Bertz CT molecular complexity index is 732. The maximum atomic E-state index is 13.4. The first kappa shape index (κ1) is 14.3. The van der Waals surface area contributed by atoms with Crippen LogP contribution in [0, 0.1) is 12.7 Å². The Balaban J connectivity index is 2.38. The molecule has 0 aliphatic carbocycles. The maximum absolute atomic E-state index is 13.4. The highest BCUT2D eigenvalue weighted by Gasteiger charge is 2.16. The molecule has 0 radical (unpaired) electrons. The van der Waals surface area contributed by atoms with Crippen LogP contribution in [0.4, 0.5) is 15.9 Å². The molecule has 0 amide bonds. The van der Waals surface area contributed by atoms with Crippen molar-refractivity contribution >= 4 is 21.5 Å². The summed E-state index contributed by atoms with van der Waals surface area (Å²) >= 11 is 0. The molecule has 0 saturated carbocycles. The molecule has 0 saturated heterocycles. The second-order valence-electron chi connectivity index (χ2n) is 4.14. The number of pyridine rings is 1. The third kappa shape index (κ3) is 2.88. The van der Waals surface area contributed by atoms with E-state index in [0.29, 0.717) is 5.82 Å². The van der Waals surface area contributed by atoms with Crippen LogP contribution in [0.5, 0.6) is 0 Å². The summed E-state index contributed by atoms with van der Waals surface area (Å²) in [6.07, 6.45) is 1.39. The lowest BCUT2D eigenvalue weighted by Crippen LogP contribution is -2.14. The summed E-state index contributed by atoms with van der Waals surface area (Å²) in [7, 11) is -2.14. The number of halogens is 1. The smallest absolute Gasteiger partial charge is 0.262 e. The van der Waals surface area contributed by atoms with Crippen molar-refractivity contribution < 1.29 is 12.8 Å². The van der Waals surface area contributed by atoms with Crippen molar-refractivity contribution in [2.24, 2.45) is 0 Å². The fourth-order valence-corrected chi connectivity index (χ4v) is 2.77. The van der Waals surface area contributed by atoms with Gasteiger partial charge in [0.1, 0.15) is 11.6 Å². The maximum Gasteiger partial charge on any atom is 0.262 e. The van der Waals surface area contributed by atoms with Crippen LogP contribution in [0.25, 0.3) is 0 Å². The number of aromatic nitrogens is 1. The molecule has 7 heteroatoms. The van der Waals surface area contributed by atoms with Gasteiger partial charge < -0.3 is 5.32 Å². The number of benzene rings is 1. The van der Waals surface area contributed by atoms with Crippen molar-refractivity contribution in [2.45, 2.75) is 11.8 Å². The summed E-state index contributed by atoms with van der Waals surface area (Å²) in [4.78, 5) is 4.00. The van der Waals surface area contributed by atoms with Gasteiger partial charge in [0, 0.05) is 24.9 Å². The molecule has 2 aromatic rings. The minimum atomic E-state index is -3.78. The number of nitrogens with one attached hydrogen (secondary N) is 2. The number of anilines is 2. The predicted octanol–water partition coefficient (Wildman–Crippen LogP) is 2.37. The fourth-order valence-electron chi connectivity index (χ4n) is 1.64. The van der Waals surface area contributed by atoms with E-state index in [-0.39, 0.29) is 16.1 Å². The molecule has 106 valence electrons. The molecule has 2 rings (SSSR count). The topological polar surface area (TPSA) is 71.1 Å². The van der Waals surface area contributed by atoms with Gasteiger partial charge in [-0.05, 0) is 25.1 Å². The van der Waals surface area contributed by atoms with Crippen molar-refractivity contribution in [3.8, 4) is 0 Å². The Kier molecular flexibility index (Phi) is 3.89. The van der Waals surface area contributed by atoms with Crippen LogP contribution >= 0.6 is 0 Å². The zero-order valence-corrected chi connectivity index (χ0v) is 11.8. The summed E-state index contributed by atoms with van der Waals surface area (Å²) in [6.45, 7) is 1.51. The molecular weight excluding hydrogens is 281 g/mol. The molecule has 0 fully saturated rings. The molecule has 0 spiro atoms. The van der Waals surface area contributed by atoms with Crippen LogP contribution in [0.1, 0.15) is 5.56 Å². The van der Waals surface area contributed by atoms with Crippen LogP contribution in [0.3, 0.4) is 0 Å². The second-order valence-corrected chi connectivity index (χ2v) is 5.83. The predicted molar refractivity (Wildman–Crippen MR) is 75.7 cm³/mol. The Morgan fingerprint density at radius 1 is 1.25 bits per heavy atom. The lowest BCUT2D eigenvalue weighted by atomic mass is 10.2. The van der Waals surface area contributed by atoms with Gasteiger partial charge in [-0.3, -0.25) is 4.72 Å². The molecule has 0 aliphatic rings. The summed E-state index contributed by atoms with van der Waals surface area (Å²) in [5, 5.41) is 2.76. The van der Waals surface area contributed by atoms with E-state index in [0.717, 1.165) is 0 Å². The monoisotopic (exact) mass is 295 g/mol. The van der Waals surface area contributed by atoms with Crippen molar-refractivity contribution in [3.63, 3.8) is 0 Å². The van der Waals surface area contributed by atoms with Gasteiger partial charge in [0.15, 0.2) is 0 Å². The van der Waals surface area contributed by atoms with Crippen LogP contribution < -0.4 is 10.0 Å². The van der Waals surface area contributed by atoms with E-state index < -0.39 is 15.8 Å². The standard InChI is InChI=1S/C13H14FN3O2S/c1-9-11(14)4-3-5-12(9)17-20(18,19)10-6-7-16-13(8-10)15-2/h3-8,17H,1-2H3,(H,15,16). The van der Waals surface area contributed by atoms with E-state index in [9.17, 15) is 12.8 Å². The Morgan fingerprint density at radius 2 is 2.00 bits per heavy atom.